The van der Waals surface area contributed by atoms with Crippen LogP contribution in [-0.4, -0.2) is 30.7 Å². The number of phenolic OH excluding ortho intramolecular Hbond substituents is 1. The van der Waals surface area contributed by atoms with E-state index in [9.17, 15) is 15.2 Å². The van der Waals surface area contributed by atoms with Crippen molar-refractivity contribution < 1.29 is 10.0 Å². The number of hydrogen-bond donors (Lipinski definition) is 2. The quantitative estimate of drug-likeness (QED) is 0.173. The van der Waals surface area contributed by atoms with Gasteiger partial charge < -0.3 is 10.0 Å². The molecule has 9 nitrogen and oxygen atoms in total. The Morgan fingerprint density at radius 2 is 1.47 bits per heavy atom. The minimum Gasteiger partial charge on any atom is -0.508 e. The number of nitrogens with zero attached hydrogens (tertiary/aromatic N) is 5. The van der Waals surface area contributed by atoms with Gasteiger partial charge in [-0.05, 0) is 60.7 Å². The van der Waals surface area contributed by atoms with Gasteiger partial charge in [-0.15, -0.1) is 0 Å². The first kappa shape index (κ1) is 22.4. The molecule has 0 bridgehead atoms. The number of hydrogen-bond acceptors (Lipinski definition) is 7. The van der Waals surface area contributed by atoms with Crippen LogP contribution in [-0.2, 0) is 13.1 Å². The van der Waals surface area contributed by atoms with E-state index >= 15 is 0 Å². The number of anilines is 1. The number of nitro groups is 1. The number of aromatic hydroxyl groups is 1. The van der Waals surface area contributed by atoms with Crippen LogP contribution in [0.2, 0.25) is 0 Å². The molecule has 34 heavy (non-hydrogen) atoms. The molecule has 0 fully saturated rings. The lowest BCUT2D eigenvalue weighted by Crippen LogP contribution is -2.32. The third-order valence-corrected chi connectivity index (χ3v) is 4.95. The lowest BCUT2D eigenvalue weighted by Gasteiger charge is -2.26. The fourth-order valence-electron chi connectivity index (χ4n) is 3.28. The number of phenols is 1. The van der Waals surface area contributed by atoms with E-state index in [2.05, 4.69) is 20.5 Å². The molecule has 9 heteroatoms. The molecular weight excluding hydrogens is 432 g/mol. The summed E-state index contributed by atoms with van der Waals surface area (Å²) in [5.41, 5.74) is 6.05. The van der Waals surface area contributed by atoms with Crippen molar-refractivity contribution in [2.45, 2.75) is 13.1 Å². The Kier molecular flexibility index (Phi) is 7.04. The number of benzene rings is 2. The van der Waals surface area contributed by atoms with Crippen LogP contribution >= 0.6 is 0 Å². The fraction of sp³-hybridized carbons (Fsp3) is 0.0800. The molecule has 0 amide bonds. The highest BCUT2D eigenvalue weighted by molar-refractivity contribution is 5.99. The largest absolute Gasteiger partial charge is 0.508 e. The van der Waals surface area contributed by atoms with Gasteiger partial charge >= 0.3 is 0 Å². The third kappa shape index (κ3) is 5.92. The molecule has 0 aliphatic rings. The van der Waals surface area contributed by atoms with E-state index in [-0.39, 0.29) is 11.4 Å². The van der Waals surface area contributed by atoms with E-state index < -0.39 is 4.92 Å². The van der Waals surface area contributed by atoms with E-state index in [4.69, 9.17) is 0 Å². The average molecular weight is 454 g/mol. The van der Waals surface area contributed by atoms with Crippen molar-refractivity contribution in [3.63, 3.8) is 0 Å². The van der Waals surface area contributed by atoms with Crippen LogP contribution in [0.25, 0.3) is 0 Å². The molecule has 0 saturated carbocycles. The van der Waals surface area contributed by atoms with Gasteiger partial charge in [0.25, 0.3) is 5.69 Å². The summed E-state index contributed by atoms with van der Waals surface area (Å²) in [5, 5.41) is 25.4. The van der Waals surface area contributed by atoms with Crippen LogP contribution in [0.4, 0.5) is 11.4 Å². The minimum atomic E-state index is -0.448. The van der Waals surface area contributed by atoms with Gasteiger partial charge in [-0.2, -0.15) is 5.10 Å². The SMILES string of the molecule is O=[N+]([O-])c1ccc(NN=C(c2ccc(O)cc2)N(Cc2ccccn2)Cc2ccccn2)cc1. The molecule has 2 heterocycles. The van der Waals surface area contributed by atoms with Gasteiger partial charge in [0.1, 0.15) is 5.75 Å². The zero-order chi connectivity index (χ0) is 23.8. The molecule has 0 radical (unpaired) electrons. The molecule has 2 aromatic carbocycles. The molecule has 2 N–H and O–H groups in total. The van der Waals surface area contributed by atoms with E-state index in [1.54, 1.807) is 48.8 Å². The maximum absolute atomic E-state index is 10.9. The van der Waals surface area contributed by atoms with Crippen LogP contribution in [0.5, 0.6) is 5.75 Å². The molecule has 4 rings (SSSR count). The van der Waals surface area contributed by atoms with Crippen molar-refractivity contribution in [2.75, 3.05) is 5.43 Å². The Bertz CT molecular complexity index is 1210. The molecular formula is C25H22N6O3. The highest BCUT2D eigenvalue weighted by Gasteiger charge is 2.17. The zero-order valence-electron chi connectivity index (χ0n) is 18.2. The molecule has 0 spiro atoms. The van der Waals surface area contributed by atoms with Crippen molar-refractivity contribution in [3.8, 4) is 5.75 Å². The van der Waals surface area contributed by atoms with Gasteiger partial charge in [-0.3, -0.25) is 25.5 Å². The number of rotatable bonds is 8. The standard InChI is InChI=1S/C25H22N6O3/c32-24-13-7-19(8-14-24)25(29-28-20-9-11-23(12-10-20)31(33)34)30(17-21-5-1-3-15-26-21)18-22-6-2-4-16-27-22/h1-16,28,32H,17-18H2. The number of hydrazone groups is 1. The monoisotopic (exact) mass is 454 g/mol. The van der Waals surface area contributed by atoms with Crippen molar-refractivity contribution in [3.05, 3.63) is 124 Å². The first-order chi connectivity index (χ1) is 16.6. The summed E-state index contributed by atoms with van der Waals surface area (Å²) in [6, 6.07) is 24.2. The lowest BCUT2D eigenvalue weighted by atomic mass is 10.1. The molecule has 0 atom stereocenters. The van der Waals surface area contributed by atoms with E-state index in [1.165, 1.54) is 12.1 Å². The predicted octanol–water partition coefficient (Wildman–Crippen LogP) is 4.57. The Hall–Kier alpha value is -4.79. The van der Waals surface area contributed by atoms with Gasteiger partial charge in [0.2, 0.25) is 0 Å². The fourth-order valence-corrected chi connectivity index (χ4v) is 3.28. The van der Waals surface area contributed by atoms with Crippen LogP contribution in [0.1, 0.15) is 17.0 Å². The number of amidine groups is 1. The minimum absolute atomic E-state index is 0.000202. The van der Waals surface area contributed by atoms with Gasteiger partial charge in [0, 0.05) is 30.1 Å². The molecule has 0 aliphatic carbocycles. The topological polar surface area (TPSA) is 117 Å². The molecule has 0 unspecified atom stereocenters. The maximum Gasteiger partial charge on any atom is 0.269 e. The Morgan fingerprint density at radius 1 is 0.882 bits per heavy atom. The molecule has 0 saturated heterocycles. The smallest absolute Gasteiger partial charge is 0.269 e. The van der Waals surface area contributed by atoms with Gasteiger partial charge in [0.15, 0.2) is 5.84 Å². The average Bonchev–Trinajstić information content (AvgIpc) is 2.86. The van der Waals surface area contributed by atoms with E-state index in [1.807, 2.05) is 41.3 Å². The lowest BCUT2D eigenvalue weighted by molar-refractivity contribution is -0.384. The number of nitro benzene ring substituents is 1. The first-order valence-electron chi connectivity index (χ1n) is 10.5. The highest BCUT2D eigenvalue weighted by atomic mass is 16.6. The zero-order valence-corrected chi connectivity index (χ0v) is 18.2. The summed E-state index contributed by atoms with van der Waals surface area (Å²) in [4.78, 5) is 21.4. The van der Waals surface area contributed by atoms with Crippen molar-refractivity contribution in [1.29, 1.82) is 0 Å². The molecule has 170 valence electrons. The summed E-state index contributed by atoms with van der Waals surface area (Å²) < 4.78 is 0. The second-order valence-electron chi connectivity index (χ2n) is 7.40. The predicted molar refractivity (Wildman–Crippen MR) is 129 cm³/mol. The van der Waals surface area contributed by atoms with Crippen LogP contribution in [0, 0.1) is 10.1 Å². The second-order valence-corrected chi connectivity index (χ2v) is 7.40. The molecule has 4 aromatic rings. The van der Waals surface area contributed by atoms with Gasteiger partial charge in [-0.25, -0.2) is 0 Å². The summed E-state index contributed by atoms with van der Waals surface area (Å²) >= 11 is 0. The molecule has 0 aliphatic heterocycles. The van der Waals surface area contributed by atoms with Crippen LogP contribution < -0.4 is 5.43 Å². The van der Waals surface area contributed by atoms with Crippen molar-refractivity contribution in [1.82, 2.24) is 14.9 Å². The summed E-state index contributed by atoms with van der Waals surface area (Å²) in [5.74, 6) is 0.738. The van der Waals surface area contributed by atoms with Crippen LogP contribution in [0.3, 0.4) is 0 Å². The number of pyridine rings is 2. The van der Waals surface area contributed by atoms with Gasteiger partial charge in [-0.1, -0.05) is 12.1 Å². The Labute approximate surface area is 196 Å². The normalized spacial score (nSPS) is 11.1. The Morgan fingerprint density at radius 3 is 1.97 bits per heavy atom. The maximum atomic E-state index is 10.9. The van der Waals surface area contributed by atoms with Gasteiger partial charge in [0.05, 0.1) is 35.1 Å². The summed E-state index contributed by atoms with van der Waals surface area (Å²) in [6.07, 6.45) is 3.47. The Balaban J connectivity index is 1.71. The summed E-state index contributed by atoms with van der Waals surface area (Å²) in [7, 11) is 0. The van der Waals surface area contributed by atoms with Crippen molar-refractivity contribution in [2.24, 2.45) is 5.10 Å². The number of aromatic nitrogens is 2. The van der Waals surface area contributed by atoms with Crippen LogP contribution in [0.15, 0.2) is 102 Å². The van der Waals surface area contributed by atoms with E-state index in [0.29, 0.717) is 24.6 Å². The number of non-ortho nitro benzene ring substituents is 1. The summed E-state index contributed by atoms with van der Waals surface area (Å²) in [6.45, 7) is 0.915. The highest BCUT2D eigenvalue weighted by Crippen LogP contribution is 2.19. The third-order valence-electron chi connectivity index (χ3n) is 4.95. The second kappa shape index (κ2) is 10.7. The first-order valence-corrected chi connectivity index (χ1v) is 10.5. The molecule has 2 aromatic heterocycles. The van der Waals surface area contributed by atoms with E-state index in [0.717, 1.165) is 17.0 Å². The van der Waals surface area contributed by atoms with Crippen molar-refractivity contribution >= 4 is 17.2 Å². The number of nitrogens with one attached hydrogen (secondary N) is 1.